The molecule has 1 aromatic heterocycles. The molecule has 0 saturated carbocycles. The Bertz CT molecular complexity index is 322. The quantitative estimate of drug-likeness (QED) is 0.808. The maximum Gasteiger partial charge on any atom is 0.229 e. The van der Waals surface area contributed by atoms with Crippen LogP contribution in [0.4, 0.5) is 0 Å². The second kappa shape index (κ2) is 5.43. The molecule has 0 amide bonds. The fourth-order valence-corrected chi connectivity index (χ4v) is 1.61. The van der Waals surface area contributed by atoms with Gasteiger partial charge < -0.3 is 10.3 Å². The summed E-state index contributed by atoms with van der Waals surface area (Å²) in [4.78, 5) is 4.40. The van der Waals surface area contributed by atoms with Crippen LogP contribution in [0.1, 0.15) is 71.0 Å². The molecule has 0 aliphatic heterocycles. The molecule has 0 aliphatic carbocycles. The first kappa shape index (κ1) is 13.2. The molecule has 1 unspecified atom stereocenters. The minimum Gasteiger partial charge on any atom is -0.339 e. The topological polar surface area (TPSA) is 64.9 Å². The second-order valence-electron chi connectivity index (χ2n) is 4.72. The molecular weight excluding hydrogens is 202 g/mol. The Labute approximate surface area is 97.6 Å². The van der Waals surface area contributed by atoms with Crippen LogP contribution in [0.3, 0.4) is 0 Å². The lowest BCUT2D eigenvalue weighted by atomic mass is 9.90. The van der Waals surface area contributed by atoms with Gasteiger partial charge in [0, 0.05) is 5.92 Å². The van der Waals surface area contributed by atoms with E-state index in [9.17, 15) is 0 Å². The highest BCUT2D eigenvalue weighted by molar-refractivity contribution is 5.04. The molecule has 16 heavy (non-hydrogen) atoms. The summed E-state index contributed by atoms with van der Waals surface area (Å²) in [6, 6.07) is 0. The Morgan fingerprint density at radius 1 is 1.38 bits per heavy atom. The van der Waals surface area contributed by atoms with Crippen LogP contribution in [0.15, 0.2) is 4.52 Å². The zero-order valence-corrected chi connectivity index (χ0v) is 10.8. The largest absolute Gasteiger partial charge is 0.339 e. The summed E-state index contributed by atoms with van der Waals surface area (Å²) in [5, 5.41) is 4.02. The Kier molecular flexibility index (Phi) is 4.47. The molecule has 1 heterocycles. The van der Waals surface area contributed by atoms with E-state index in [-0.39, 0.29) is 5.92 Å². The second-order valence-corrected chi connectivity index (χ2v) is 4.72. The molecule has 1 atom stereocenters. The smallest absolute Gasteiger partial charge is 0.229 e. The molecule has 0 radical (unpaired) electrons. The molecule has 0 aliphatic rings. The van der Waals surface area contributed by atoms with Gasteiger partial charge in [0.05, 0.1) is 5.54 Å². The molecule has 4 heteroatoms. The van der Waals surface area contributed by atoms with Gasteiger partial charge in [-0.25, -0.2) is 0 Å². The van der Waals surface area contributed by atoms with E-state index in [1.165, 1.54) is 0 Å². The van der Waals surface area contributed by atoms with Crippen LogP contribution in [0, 0.1) is 0 Å². The summed E-state index contributed by atoms with van der Waals surface area (Å²) >= 11 is 0. The number of unbranched alkanes of at least 4 members (excludes halogenated alkanes) is 1. The van der Waals surface area contributed by atoms with E-state index in [1.807, 2.05) is 13.8 Å². The Morgan fingerprint density at radius 2 is 2.06 bits per heavy atom. The highest BCUT2D eigenvalue weighted by Gasteiger charge is 2.30. The van der Waals surface area contributed by atoms with Gasteiger partial charge >= 0.3 is 0 Å². The van der Waals surface area contributed by atoms with Gasteiger partial charge in [-0.05, 0) is 12.8 Å². The van der Waals surface area contributed by atoms with Gasteiger partial charge in [-0.3, -0.25) is 0 Å². The minimum atomic E-state index is -0.424. The van der Waals surface area contributed by atoms with Gasteiger partial charge in [0.2, 0.25) is 5.89 Å². The van der Waals surface area contributed by atoms with Crippen molar-refractivity contribution >= 4 is 0 Å². The van der Waals surface area contributed by atoms with Crippen LogP contribution in [-0.4, -0.2) is 10.1 Å². The Balaban J connectivity index is 2.85. The molecule has 0 fully saturated rings. The van der Waals surface area contributed by atoms with Crippen molar-refractivity contribution in [1.29, 1.82) is 0 Å². The third-order valence-corrected chi connectivity index (χ3v) is 2.99. The fourth-order valence-electron chi connectivity index (χ4n) is 1.61. The number of rotatable bonds is 6. The summed E-state index contributed by atoms with van der Waals surface area (Å²) < 4.78 is 5.21. The van der Waals surface area contributed by atoms with Crippen molar-refractivity contribution in [2.75, 3.05) is 0 Å². The summed E-state index contributed by atoms with van der Waals surface area (Å²) in [7, 11) is 0. The first-order valence-electron chi connectivity index (χ1n) is 6.16. The van der Waals surface area contributed by atoms with Crippen LogP contribution >= 0.6 is 0 Å². The first-order chi connectivity index (χ1) is 7.53. The average Bonchev–Trinajstić information content (AvgIpc) is 2.75. The van der Waals surface area contributed by atoms with E-state index in [0.717, 1.165) is 25.7 Å². The minimum absolute atomic E-state index is 0.258. The molecule has 1 aromatic rings. The molecule has 0 saturated heterocycles. The lowest BCUT2D eigenvalue weighted by molar-refractivity contribution is 0.319. The zero-order chi connectivity index (χ0) is 12.2. The summed E-state index contributed by atoms with van der Waals surface area (Å²) in [6.45, 7) is 8.30. The van der Waals surface area contributed by atoms with Gasteiger partial charge in [0.15, 0.2) is 5.82 Å². The number of nitrogens with zero attached hydrogens (tertiary/aromatic N) is 2. The molecule has 0 bridgehead atoms. The molecule has 1 rings (SSSR count). The van der Waals surface area contributed by atoms with Crippen LogP contribution in [0.5, 0.6) is 0 Å². The molecule has 2 N–H and O–H groups in total. The van der Waals surface area contributed by atoms with Crippen molar-refractivity contribution in [3.8, 4) is 0 Å². The monoisotopic (exact) mass is 225 g/mol. The predicted molar refractivity (Wildman–Crippen MR) is 64.1 cm³/mol. The summed E-state index contributed by atoms with van der Waals surface area (Å²) in [5.41, 5.74) is 5.91. The van der Waals surface area contributed by atoms with Crippen molar-refractivity contribution in [2.24, 2.45) is 5.73 Å². The molecular formula is C12H23N3O. The Morgan fingerprint density at radius 3 is 2.50 bits per heavy atom. The van der Waals surface area contributed by atoms with Crippen molar-refractivity contribution in [3.05, 3.63) is 11.7 Å². The Hall–Kier alpha value is -0.900. The van der Waals surface area contributed by atoms with Gasteiger partial charge in [-0.1, -0.05) is 45.7 Å². The third-order valence-electron chi connectivity index (χ3n) is 2.99. The van der Waals surface area contributed by atoms with Crippen LogP contribution in [0.2, 0.25) is 0 Å². The number of hydrogen-bond donors (Lipinski definition) is 1. The molecule has 0 aromatic carbocycles. The average molecular weight is 225 g/mol. The van der Waals surface area contributed by atoms with Gasteiger partial charge in [-0.15, -0.1) is 0 Å². The van der Waals surface area contributed by atoms with Crippen LogP contribution in [-0.2, 0) is 5.54 Å². The lowest BCUT2D eigenvalue weighted by Crippen LogP contribution is -2.37. The highest BCUT2D eigenvalue weighted by atomic mass is 16.5. The van der Waals surface area contributed by atoms with Crippen molar-refractivity contribution in [3.63, 3.8) is 0 Å². The maximum atomic E-state index is 6.33. The molecule has 92 valence electrons. The maximum absolute atomic E-state index is 6.33. The van der Waals surface area contributed by atoms with Crippen LogP contribution < -0.4 is 5.73 Å². The van der Waals surface area contributed by atoms with Gasteiger partial charge in [0.25, 0.3) is 0 Å². The fraction of sp³-hybridized carbons (Fsp3) is 0.833. The highest BCUT2D eigenvalue weighted by Crippen LogP contribution is 2.26. The van der Waals surface area contributed by atoms with Gasteiger partial charge in [-0.2, -0.15) is 4.98 Å². The molecule has 4 nitrogen and oxygen atoms in total. The summed E-state index contributed by atoms with van der Waals surface area (Å²) in [5.74, 6) is 1.59. The lowest BCUT2D eigenvalue weighted by Gasteiger charge is -2.23. The van der Waals surface area contributed by atoms with Gasteiger partial charge in [0.1, 0.15) is 0 Å². The van der Waals surface area contributed by atoms with Crippen molar-refractivity contribution in [1.82, 2.24) is 10.1 Å². The number of nitrogens with two attached hydrogens (primary N) is 1. The number of aromatic nitrogens is 2. The van der Waals surface area contributed by atoms with Crippen LogP contribution in [0.25, 0.3) is 0 Å². The van der Waals surface area contributed by atoms with E-state index in [4.69, 9.17) is 10.3 Å². The predicted octanol–water partition coefficient (Wildman–Crippen LogP) is 2.95. The van der Waals surface area contributed by atoms with E-state index in [1.54, 1.807) is 0 Å². The normalized spacial score (nSPS) is 15.4. The standard InChI is InChI=1S/C12H23N3O/c1-5-7-8-12(13,6-2)11-14-10(9(3)4)16-15-11/h9H,5-8,13H2,1-4H3. The van der Waals surface area contributed by atoms with E-state index in [2.05, 4.69) is 24.0 Å². The van der Waals surface area contributed by atoms with Crippen molar-refractivity contribution in [2.45, 2.75) is 64.8 Å². The van der Waals surface area contributed by atoms with E-state index < -0.39 is 5.54 Å². The molecule has 0 spiro atoms. The van der Waals surface area contributed by atoms with Crippen molar-refractivity contribution < 1.29 is 4.52 Å². The SMILES string of the molecule is CCCCC(N)(CC)c1noc(C(C)C)n1. The summed E-state index contributed by atoms with van der Waals surface area (Å²) in [6.07, 6.45) is 3.98. The first-order valence-corrected chi connectivity index (χ1v) is 6.16. The number of hydrogen-bond acceptors (Lipinski definition) is 4. The third kappa shape index (κ3) is 2.82. The zero-order valence-electron chi connectivity index (χ0n) is 10.8. The van der Waals surface area contributed by atoms with E-state index >= 15 is 0 Å². The van der Waals surface area contributed by atoms with E-state index in [0.29, 0.717) is 11.7 Å².